The Morgan fingerprint density at radius 3 is 2.43 bits per heavy atom. The van der Waals surface area contributed by atoms with Crippen LogP contribution in [0.25, 0.3) is 0 Å². The summed E-state index contributed by atoms with van der Waals surface area (Å²) in [5.74, 6) is 0.0547. The number of carbonyl (C=O) groups is 1. The monoisotopic (exact) mass is 304 g/mol. The minimum atomic E-state index is -4.35. The van der Waals surface area contributed by atoms with Crippen molar-refractivity contribution in [3.05, 3.63) is 29.8 Å². The van der Waals surface area contributed by atoms with Crippen molar-refractivity contribution in [2.75, 3.05) is 20.2 Å². The Kier molecular flexibility index (Phi) is 6.48. The number of benzene rings is 1. The molecular weight excluding hydrogens is 285 g/mol. The van der Waals surface area contributed by atoms with E-state index in [-0.39, 0.29) is 17.7 Å². The fourth-order valence-electron chi connectivity index (χ4n) is 1.65. The van der Waals surface area contributed by atoms with E-state index in [1.54, 1.807) is 19.2 Å². The third-order valence-corrected chi connectivity index (χ3v) is 2.76. The fourth-order valence-corrected chi connectivity index (χ4v) is 1.65. The molecule has 21 heavy (non-hydrogen) atoms. The predicted molar refractivity (Wildman–Crippen MR) is 73.1 cm³/mol. The van der Waals surface area contributed by atoms with Crippen LogP contribution in [-0.2, 0) is 4.79 Å². The van der Waals surface area contributed by atoms with Crippen LogP contribution in [0.15, 0.2) is 24.3 Å². The van der Waals surface area contributed by atoms with Crippen molar-refractivity contribution in [2.45, 2.75) is 25.6 Å². The highest BCUT2D eigenvalue weighted by molar-refractivity contribution is 5.76. The molecule has 4 nitrogen and oxygen atoms in total. The second-order valence-corrected chi connectivity index (χ2v) is 4.62. The van der Waals surface area contributed by atoms with Crippen molar-refractivity contribution in [2.24, 2.45) is 0 Å². The molecule has 0 heterocycles. The third-order valence-electron chi connectivity index (χ3n) is 2.76. The van der Waals surface area contributed by atoms with Gasteiger partial charge in [0.1, 0.15) is 5.75 Å². The van der Waals surface area contributed by atoms with E-state index in [0.717, 1.165) is 5.56 Å². The topological polar surface area (TPSA) is 50.4 Å². The summed E-state index contributed by atoms with van der Waals surface area (Å²) in [6.45, 7) is 1.08. The molecule has 0 aliphatic carbocycles. The summed E-state index contributed by atoms with van der Waals surface area (Å²) >= 11 is 0. The summed E-state index contributed by atoms with van der Waals surface area (Å²) in [5, 5.41) is 5.68. The second-order valence-electron chi connectivity index (χ2n) is 4.62. The standard InChI is InChI=1S/C14H19F3N2O2/c1-10(19-13(20)7-8-18-2)11-3-5-12(6-4-11)21-9-14(15,16)17/h3-6,10,18H,7-9H2,1-2H3,(H,19,20). The molecule has 0 aliphatic heterocycles. The Morgan fingerprint density at radius 2 is 1.90 bits per heavy atom. The number of amides is 1. The molecule has 7 heteroatoms. The van der Waals surface area contributed by atoms with Gasteiger partial charge in [0.05, 0.1) is 6.04 Å². The predicted octanol–water partition coefficient (Wildman–Crippen LogP) is 2.41. The van der Waals surface area contributed by atoms with Crippen LogP contribution in [0.3, 0.4) is 0 Å². The minimum Gasteiger partial charge on any atom is -0.484 e. The zero-order valence-corrected chi connectivity index (χ0v) is 12.0. The lowest BCUT2D eigenvalue weighted by Crippen LogP contribution is -2.29. The van der Waals surface area contributed by atoms with Crippen LogP contribution in [0, 0.1) is 0 Å². The second kappa shape index (κ2) is 7.87. The van der Waals surface area contributed by atoms with Gasteiger partial charge in [0, 0.05) is 13.0 Å². The molecule has 0 bridgehead atoms. The first-order valence-corrected chi connectivity index (χ1v) is 6.55. The molecule has 1 atom stereocenters. The van der Waals surface area contributed by atoms with E-state index in [4.69, 9.17) is 0 Å². The Bertz CT molecular complexity index is 447. The Hall–Kier alpha value is -1.76. The zero-order chi connectivity index (χ0) is 15.9. The van der Waals surface area contributed by atoms with Crippen molar-refractivity contribution < 1.29 is 22.7 Å². The highest BCUT2D eigenvalue weighted by atomic mass is 19.4. The van der Waals surface area contributed by atoms with Crippen molar-refractivity contribution >= 4 is 5.91 Å². The van der Waals surface area contributed by atoms with Crippen LogP contribution < -0.4 is 15.4 Å². The van der Waals surface area contributed by atoms with Crippen molar-refractivity contribution in [3.63, 3.8) is 0 Å². The maximum Gasteiger partial charge on any atom is 0.422 e. The lowest BCUT2D eigenvalue weighted by molar-refractivity contribution is -0.153. The van der Waals surface area contributed by atoms with Crippen LogP contribution in [0.1, 0.15) is 24.9 Å². The summed E-state index contributed by atoms with van der Waals surface area (Å²) in [4.78, 5) is 11.6. The van der Waals surface area contributed by atoms with Crippen LogP contribution in [0.2, 0.25) is 0 Å². The first-order valence-electron chi connectivity index (χ1n) is 6.55. The van der Waals surface area contributed by atoms with E-state index in [0.29, 0.717) is 13.0 Å². The first-order chi connectivity index (χ1) is 9.81. The molecule has 0 radical (unpaired) electrons. The fraction of sp³-hybridized carbons (Fsp3) is 0.500. The van der Waals surface area contributed by atoms with Crippen molar-refractivity contribution in [1.29, 1.82) is 0 Å². The summed E-state index contributed by atoms with van der Waals surface area (Å²) < 4.78 is 40.7. The highest BCUT2D eigenvalue weighted by Crippen LogP contribution is 2.21. The van der Waals surface area contributed by atoms with Gasteiger partial charge in [-0.1, -0.05) is 12.1 Å². The SMILES string of the molecule is CNCCC(=O)NC(C)c1ccc(OCC(F)(F)F)cc1. The van der Waals surface area contributed by atoms with Gasteiger partial charge in [-0.3, -0.25) is 4.79 Å². The van der Waals surface area contributed by atoms with Gasteiger partial charge in [0.15, 0.2) is 6.61 Å². The van der Waals surface area contributed by atoms with Gasteiger partial charge in [-0.05, 0) is 31.7 Å². The highest BCUT2D eigenvalue weighted by Gasteiger charge is 2.28. The molecule has 118 valence electrons. The minimum absolute atomic E-state index is 0.0887. The molecule has 2 N–H and O–H groups in total. The molecule has 0 saturated carbocycles. The van der Waals surface area contributed by atoms with Gasteiger partial charge in [-0.25, -0.2) is 0 Å². The molecule has 0 fully saturated rings. The molecule has 0 aliphatic rings. The number of ether oxygens (including phenoxy) is 1. The van der Waals surface area contributed by atoms with Crippen molar-refractivity contribution in [3.8, 4) is 5.75 Å². The maximum atomic E-state index is 12.0. The molecule has 1 amide bonds. The summed E-state index contributed by atoms with van der Waals surface area (Å²) in [6, 6.07) is 5.96. The third kappa shape index (κ3) is 6.99. The van der Waals surface area contributed by atoms with E-state index in [1.165, 1.54) is 12.1 Å². The average molecular weight is 304 g/mol. The van der Waals surface area contributed by atoms with E-state index in [1.807, 2.05) is 6.92 Å². The van der Waals surface area contributed by atoms with E-state index in [9.17, 15) is 18.0 Å². The van der Waals surface area contributed by atoms with E-state index < -0.39 is 12.8 Å². The molecule has 0 aromatic heterocycles. The quantitative estimate of drug-likeness (QED) is 0.813. The first kappa shape index (κ1) is 17.3. The Balaban J connectivity index is 2.51. The van der Waals surface area contributed by atoms with E-state index in [2.05, 4.69) is 15.4 Å². The van der Waals surface area contributed by atoms with E-state index >= 15 is 0 Å². The number of rotatable bonds is 7. The molecule has 1 rings (SSSR count). The van der Waals surface area contributed by atoms with Gasteiger partial charge in [0.2, 0.25) is 5.91 Å². The molecule has 0 spiro atoms. The van der Waals surface area contributed by atoms with Crippen LogP contribution in [0.5, 0.6) is 5.75 Å². The number of nitrogens with one attached hydrogen (secondary N) is 2. The lowest BCUT2D eigenvalue weighted by atomic mass is 10.1. The van der Waals surface area contributed by atoms with Crippen LogP contribution >= 0.6 is 0 Å². The van der Waals surface area contributed by atoms with Crippen molar-refractivity contribution in [1.82, 2.24) is 10.6 Å². The summed E-state index contributed by atoms with van der Waals surface area (Å²) in [5.41, 5.74) is 0.798. The van der Waals surface area contributed by atoms with Gasteiger partial charge in [0.25, 0.3) is 0 Å². The molecular formula is C14H19F3N2O2. The average Bonchev–Trinajstić information content (AvgIpc) is 2.42. The van der Waals surface area contributed by atoms with Gasteiger partial charge in [-0.2, -0.15) is 13.2 Å². The Labute approximate surface area is 121 Å². The Morgan fingerprint density at radius 1 is 1.29 bits per heavy atom. The molecule has 0 saturated heterocycles. The van der Waals surface area contributed by atoms with Gasteiger partial charge in [-0.15, -0.1) is 0 Å². The van der Waals surface area contributed by atoms with Gasteiger partial charge >= 0.3 is 6.18 Å². The number of carbonyl (C=O) groups excluding carboxylic acids is 1. The lowest BCUT2D eigenvalue weighted by Gasteiger charge is -2.15. The van der Waals surface area contributed by atoms with Crippen LogP contribution in [-0.4, -0.2) is 32.3 Å². The molecule has 1 unspecified atom stereocenters. The molecule has 1 aromatic rings. The summed E-state index contributed by atoms with van der Waals surface area (Å²) in [6.07, 6.45) is -3.99. The normalized spacial score (nSPS) is 12.8. The van der Waals surface area contributed by atoms with Gasteiger partial charge < -0.3 is 15.4 Å². The smallest absolute Gasteiger partial charge is 0.422 e. The zero-order valence-electron chi connectivity index (χ0n) is 12.0. The number of halogens is 3. The number of hydrogen-bond acceptors (Lipinski definition) is 3. The van der Waals surface area contributed by atoms with Crippen LogP contribution in [0.4, 0.5) is 13.2 Å². The summed E-state index contributed by atoms with van der Waals surface area (Å²) in [7, 11) is 1.76. The number of alkyl halides is 3. The molecule has 1 aromatic carbocycles. The number of hydrogen-bond donors (Lipinski definition) is 2. The largest absolute Gasteiger partial charge is 0.484 e. The maximum absolute atomic E-state index is 12.0.